The molecule has 7 heteroatoms. The first-order chi connectivity index (χ1) is 10.5. The zero-order chi connectivity index (χ0) is 16.5. The first kappa shape index (κ1) is 18.0. The summed E-state index contributed by atoms with van der Waals surface area (Å²) < 4.78 is 15.3. The molecular formula is C15H25N3O4. The van der Waals surface area contributed by atoms with Crippen LogP contribution in [0.2, 0.25) is 0 Å². The van der Waals surface area contributed by atoms with Gasteiger partial charge in [0.25, 0.3) is 0 Å². The smallest absolute Gasteiger partial charge is 0.407 e. The van der Waals surface area contributed by atoms with Crippen molar-refractivity contribution in [3.63, 3.8) is 0 Å². The van der Waals surface area contributed by atoms with Gasteiger partial charge in [0.1, 0.15) is 12.4 Å². The molecule has 0 saturated carbocycles. The first-order valence-electron chi connectivity index (χ1n) is 7.24. The van der Waals surface area contributed by atoms with Gasteiger partial charge in [-0.15, -0.1) is 0 Å². The van der Waals surface area contributed by atoms with Gasteiger partial charge in [-0.2, -0.15) is 0 Å². The predicted octanol–water partition coefficient (Wildman–Crippen LogP) is 1.87. The van der Waals surface area contributed by atoms with Crippen molar-refractivity contribution < 1.29 is 19.0 Å². The summed E-state index contributed by atoms with van der Waals surface area (Å²) >= 11 is 0. The third kappa shape index (κ3) is 6.17. The van der Waals surface area contributed by atoms with Crippen molar-refractivity contribution >= 4 is 12.4 Å². The Bertz CT molecular complexity index is 448. The van der Waals surface area contributed by atoms with Crippen LogP contribution >= 0.6 is 0 Å². The third-order valence-electron chi connectivity index (χ3n) is 3.03. The molecule has 1 saturated heterocycles. The van der Waals surface area contributed by atoms with Gasteiger partial charge in [0.05, 0.1) is 25.5 Å². The van der Waals surface area contributed by atoms with Gasteiger partial charge < -0.3 is 24.4 Å². The molecule has 2 atom stereocenters. The maximum atomic E-state index is 11.0. The zero-order valence-corrected chi connectivity index (χ0v) is 13.7. The number of ether oxygens (including phenoxy) is 3. The second kappa shape index (κ2) is 9.09. The maximum absolute atomic E-state index is 11.0. The number of methoxy groups -OCH3 is 1. The number of rotatable bonds is 9. The Labute approximate surface area is 131 Å². The van der Waals surface area contributed by atoms with E-state index in [9.17, 15) is 4.79 Å². The molecule has 22 heavy (non-hydrogen) atoms. The van der Waals surface area contributed by atoms with Crippen molar-refractivity contribution in [2.24, 2.45) is 4.99 Å². The molecule has 0 aromatic carbocycles. The van der Waals surface area contributed by atoms with Gasteiger partial charge in [0.2, 0.25) is 0 Å². The minimum absolute atomic E-state index is 0.116. The Balaban J connectivity index is 2.22. The van der Waals surface area contributed by atoms with Gasteiger partial charge in [-0.25, -0.2) is 9.79 Å². The fourth-order valence-electron chi connectivity index (χ4n) is 1.82. The fourth-order valence-corrected chi connectivity index (χ4v) is 1.82. The highest BCUT2D eigenvalue weighted by Crippen LogP contribution is 2.25. The average Bonchev–Trinajstić information content (AvgIpc) is 3.10. The molecule has 0 aromatic rings. The van der Waals surface area contributed by atoms with Crippen LogP contribution in [0, 0.1) is 0 Å². The SMILES string of the molecule is C=C(/C=C(\C)N=CN1C(C)[C@@H]1OC)OCCNC(=O)OCC. The van der Waals surface area contributed by atoms with Crippen LogP contribution in [0.15, 0.2) is 29.1 Å². The van der Waals surface area contributed by atoms with E-state index < -0.39 is 6.09 Å². The van der Waals surface area contributed by atoms with E-state index in [-0.39, 0.29) is 6.23 Å². The van der Waals surface area contributed by atoms with E-state index in [1.54, 1.807) is 26.4 Å². The molecule has 1 aliphatic heterocycles. The summed E-state index contributed by atoms with van der Waals surface area (Å²) in [7, 11) is 1.68. The van der Waals surface area contributed by atoms with E-state index in [0.717, 1.165) is 5.70 Å². The van der Waals surface area contributed by atoms with Gasteiger partial charge in [0, 0.05) is 18.9 Å². The summed E-state index contributed by atoms with van der Waals surface area (Å²) in [5, 5.41) is 2.56. The van der Waals surface area contributed by atoms with Gasteiger partial charge >= 0.3 is 6.09 Å². The number of nitrogens with one attached hydrogen (secondary N) is 1. The van der Waals surface area contributed by atoms with Crippen molar-refractivity contribution in [1.82, 2.24) is 10.2 Å². The summed E-state index contributed by atoms with van der Waals surface area (Å²) in [6, 6.07) is 0.356. The molecule has 0 spiro atoms. The Kier molecular flexibility index (Phi) is 7.45. The molecule has 1 aliphatic rings. The monoisotopic (exact) mass is 311 g/mol. The number of aliphatic imine (C=N–C) groups is 1. The highest BCUT2D eigenvalue weighted by atomic mass is 16.5. The highest BCUT2D eigenvalue weighted by Gasteiger charge is 2.42. The number of amides is 1. The Morgan fingerprint density at radius 3 is 2.77 bits per heavy atom. The van der Waals surface area contributed by atoms with Crippen molar-refractivity contribution in [3.05, 3.63) is 24.1 Å². The van der Waals surface area contributed by atoms with E-state index in [4.69, 9.17) is 14.2 Å². The summed E-state index contributed by atoms with van der Waals surface area (Å²) in [5.41, 5.74) is 0.775. The molecule has 0 aliphatic carbocycles. The minimum Gasteiger partial charge on any atom is -0.492 e. The van der Waals surface area contributed by atoms with Gasteiger partial charge in [-0.05, 0) is 20.8 Å². The number of hydrogen-bond donors (Lipinski definition) is 1. The number of carbonyl (C=O) groups is 1. The minimum atomic E-state index is -0.451. The molecule has 1 amide bonds. The van der Waals surface area contributed by atoms with Crippen molar-refractivity contribution in [2.45, 2.75) is 33.0 Å². The van der Waals surface area contributed by atoms with Crippen molar-refractivity contribution in [3.8, 4) is 0 Å². The van der Waals surface area contributed by atoms with Crippen molar-refractivity contribution in [1.29, 1.82) is 0 Å². The molecule has 0 aromatic heterocycles. The van der Waals surface area contributed by atoms with Gasteiger partial charge in [0.15, 0.2) is 6.23 Å². The third-order valence-corrected chi connectivity index (χ3v) is 3.03. The normalized spacial score (nSPS) is 20.9. The van der Waals surface area contributed by atoms with Crippen molar-refractivity contribution in [2.75, 3.05) is 26.9 Å². The van der Waals surface area contributed by atoms with Crippen LogP contribution in [-0.4, -0.2) is 56.5 Å². The maximum Gasteiger partial charge on any atom is 0.407 e. The van der Waals surface area contributed by atoms with Crippen LogP contribution < -0.4 is 5.32 Å². The number of carbonyl (C=O) groups excluding carboxylic acids is 1. The Hall–Kier alpha value is -2.02. The van der Waals surface area contributed by atoms with E-state index in [1.165, 1.54) is 0 Å². The second-order valence-corrected chi connectivity index (χ2v) is 4.81. The molecule has 0 radical (unpaired) electrons. The molecule has 1 unspecified atom stereocenters. The molecule has 124 valence electrons. The number of allylic oxidation sites excluding steroid dienone is 2. The lowest BCUT2D eigenvalue weighted by Gasteiger charge is -2.07. The molecule has 0 bridgehead atoms. The Morgan fingerprint density at radius 1 is 1.45 bits per heavy atom. The predicted molar refractivity (Wildman–Crippen MR) is 84.5 cm³/mol. The number of nitrogens with zero attached hydrogens (tertiary/aromatic N) is 2. The summed E-state index contributed by atoms with van der Waals surface area (Å²) in [4.78, 5) is 17.4. The molecular weight excluding hydrogens is 286 g/mol. The van der Waals surface area contributed by atoms with Crippen LogP contribution in [0.1, 0.15) is 20.8 Å². The molecule has 1 N–H and O–H groups in total. The van der Waals surface area contributed by atoms with Crippen LogP contribution in [0.3, 0.4) is 0 Å². The Morgan fingerprint density at radius 2 is 2.18 bits per heavy atom. The van der Waals surface area contributed by atoms with Gasteiger partial charge in [-0.1, -0.05) is 6.58 Å². The summed E-state index contributed by atoms with van der Waals surface area (Å²) in [5.74, 6) is 0.488. The average molecular weight is 311 g/mol. The van der Waals surface area contributed by atoms with Crippen LogP contribution in [0.4, 0.5) is 4.79 Å². The lowest BCUT2D eigenvalue weighted by Crippen LogP contribution is -2.27. The first-order valence-corrected chi connectivity index (χ1v) is 7.24. The van der Waals surface area contributed by atoms with E-state index in [0.29, 0.717) is 31.6 Å². The highest BCUT2D eigenvalue weighted by molar-refractivity contribution is 5.66. The quantitative estimate of drug-likeness (QED) is 0.176. The molecule has 1 heterocycles. The lowest BCUT2D eigenvalue weighted by atomic mass is 10.4. The topological polar surface area (TPSA) is 72.2 Å². The lowest BCUT2D eigenvalue weighted by molar-refractivity contribution is 0.147. The zero-order valence-electron chi connectivity index (χ0n) is 13.7. The fraction of sp³-hybridized carbons (Fsp3) is 0.600. The van der Waals surface area contributed by atoms with E-state index in [1.807, 2.05) is 11.8 Å². The van der Waals surface area contributed by atoms with Crippen LogP contribution in [-0.2, 0) is 14.2 Å². The molecule has 7 nitrogen and oxygen atoms in total. The molecule has 1 rings (SSSR count). The molecule has 1 fully saturated rings. The van der Waals surface area contributed by atoms with Crippen LogP contribution in [0.25, 0.3) is 0 Å². The van der Waals surface area contributed by atoms with Gasteiger partial charge in [-0.3, -0.25) is 0 Å². The van der Waals surface area contributed by atoms with Crippen LogP contribution in [0.5, 0.6) is 0 Å². The summed E-state index contributed by atoms with van der Waals surface area (Å²) in [6.07, 6.45) is 3.15. The van der Waals surface area contributed by atoms with E-state index in [2.05, 4.69) is 23.8 Å². The summed E-state index contributed by atoms with van der Waals surface area (Å²) in [6.45, 7) is 10.5. The number of hydrogen-bond acceptors (Lipinski definition) is 5. The standard InChI is InChI=1S/C15H25N3O4/c1-6-21-15(19)16-7-8-22-12(3)9-11(2)17-10-18-13(4)14(18)20-5/h9-10,13-14H,3,6-8H2,1-2,4-5H3,(H,16,19)/b11-9+,17-10?/t13?,14-,18?/m0/s1. The van der Waals surface area contributed by atoms with E-state index >= 15 is 0 Å². The number of alkyl carbamates (subject to hydrolysis) is 1. The second-order valence-electron chi connectivity index (χ2n) is 4.81. The largest absolute Gasteiger partial charge is 0.492 e.